The molecule has 0 aliphatic heterocycles. The summed E-state index contributed by atoms with van der Waals surface area (Å²) in [6.45, 7) is 4.53. The number of carboxylic acids is 1. The second-order valence-electron chi connectivity index (χ2n) is 7.84. The van der Waals surface area contributed by atoms with Crippen molar-refractivity contribution < 1.29 is 97.5 Å². The molecule has 17 nitrogen and oxygen atoms in total. The molecular formula is C24H26Br2DyN5O12Zn. The van der Waals surface area contributed by atoms with Crippen molar-refractivity contribution in [2.24, 2.45) is 0 Å². The number of carboxylic acid groups (broad SMARTS) is 1. The zero-order valence-corrected chi connectivity index (χ0v) is 32.4. The van der Waals surface area contributed by atoms with Gasteiger partial charge in [0.1, 0.15) is 12.6 Å². The number of hydrogen-bond donors (Lipinski definition) is 0. The molecule has 0 N–H and O–H groups in total. The molecule has 21 heteroatoms. The van der Waals surface area contributed by atoms with Crippen LogP contribution in [0.3, 0.4) is 0 Å². The molecule has 0 atom stereocenters. The largest absolute Gasteiger partial charge is 3.00 e. The number of hydrogen-bond acceptors (Lipinski definition) is 15. The van der Waals surface area contributed by atoms with Gasteiger partial charge in [-0.1, -0.05) is 43.4 Å². The summed E-state index contributed by atoms with van der Waals surface area (Å²) in [5, 5.41) is 70.2. The quantitative estimate of drug-likeness (QED) is 0.148. The first-order valence-electron chi connectivity index (χ1n) is 11.2. The van der Waals surface area contributed by atoms with Crippen LogP contribution in [0.25, 0.3) is 0 Å². The van der Waals surface area contributed by atoms with Crippen LogP contribution in [-0.4, -0.2) is 65.7 Å². The third-order valence-corrected chi connectivity index (χ3v) is 5.23. The third-order valence-electron chi connectivity index (χ3n) is 4.32. The minimum absolute atomic E-state index is 0. The number of nitriles is 1. The maximum absolute atomic E-state index is 12.2. The van der Waals surface area contributed by atoms with Crippen molar-refractivity contribution >= 4 is 50.4 Å². The number of benzene rings is 2. The maximum Gasteiger partial charge on any atom is 3.00 e. The van der Waals surface area contributed by atoms with Gasteiger partial charge in [0.15, 0.2) is 0 Å². The second-order valence-corrected chi connectivity index (χ2v) is 9.67. The van der Waals surface area contributed by atoms with E-state index in [0.717, 1.165) is 6.92 Å². The summed E-state index contributed by atoms with van der Waals surface area (Å²) < 4.78 is 1.39. The van der Waals surface area contributed by atoms with Crippen molar-refractivity contribution in [1.29, 1.82) is 5.26 Å². The molecule has 0 saturated carbocycles. The van der Waals surface area contributed by atoms with Crippen LogP contribution in [0.15, 0.2) is 33.2 Å². The van der Waals surface area contributed by atoms with Gasteiger partial charge in [0.05, 0.1) is 16.2 Å². The maximum atomic E-state index is 12.2. The number of rotatable bonds is 9. The fourth-order valence-corrected chi connectivity index (χ4v) is 3.88. The first-order valence-corrected chi connectivity index (χ1v) is 12.8. The van der Waals surface area contributed by atoms with Crippen LogP contribution < -0.4 is 15.3 Å². The van der Waals surface area contributed by atoms with Crippen LogP contribution in [0.5, 0.6) is 11.5 Å². The molecule has 45 heavy (non-hydrogen) atoms. The normalized spacial score (nSPS) is 8.78. The number of aldehydes is 2. The van der Waals surface area contributed by atoms with E-state index in [1.54, 1.807) is 18.2 Å². The summed E-state index contributed by atoms with van der Waals surface area (Å²) in [6, 6.07) is 8.22. The van der Waals surface area contributed by atoms with E-state index in [2.05, 4.69) is 31.9 Å². The third kappa shape index (κ3) is 30.0. The Bertz CT molecular complexity index is 1160. The minimum atomic E-state index is -1.75. The molecule has 0 amide bonds. The fraction of sp³-hybridized carbons (Fsp3) is 0.333. The molecule has 0 saturated heterocycles. The van der Waals surface area contributed by atoms with Crippen molar-refractivity contribution in [3.05, 3.63) is 86.1 Å². The Hall–Kier alpha value is -2.48. The summed E-state index contributed by atoms with van der Waals surface area (Å²) in [7, 11) is 3.77. The van der Waals surface area contributed by atoms with Gasteiger partial charge in [-0.25, -0.2) is 0 Å². The molecule has 2 aromatic carbocycles. The Kier molecular flexibility index (Phi) is 34.9. The molecule has 2 aromatic rings. The van der Waals surface area contributed by atoms with E-state index in [0.29, 0.717) is 58.8 Å². The fourth-order valence-electron chi connectivity index (χ4n) is 2.84. The average molecular weight is 964 g/mol. The van der Waals surface area contributed by atoms with Crippen LogP contribution in [0.1, 0.15) is 45.7 Å². The smallest absolute Gasteiger partial charge is 0.872 e. The molecular weight excluding hydrogens is 938 g/mol. The van der Waals surface area contributed by atoms with Crippen molar-refractivity contribution in [3.63, 3.8) is 0 Å². The van der Waals surface area contributed by atoms with Gasteiger partial charge in [0, 0.05) is 59.1 Å². The van der Waals surface area contributed by atoms with E-state index >= 15 is 0 Å². The van der Waals surface area contributed by atoms with Gasteiger partial charge in [0.2, 0.25) is 0 Å². The number of carbonyl (C=O) groups is 3. The second kappa shape index (κ2) is 30.2. The topological polar surface area (TPSA) is 283 Å². The summed E-state index contributed by atoms with van der Waals surface area (Å²) >= 11 is 6.64. The summed E-state index contributed by atoms with van der Waals surface area (Å²) in [5.41, 5.74) is 1.37. The van der Waals surface area contributed by atoms with Crippen molar-refractivity contribution in [3.8, 4) is 17.6 Å². The van der Waals surface area contributed by atoms with E-state index in [1.807, 2.05) is 23.9 Å². The Balaban J connectivity index is -0.000000263. The van der Waals surface area contributed by atoms with Gasteiger partial charge in [-0.3, -0.25) is 9.59 Å². The van der Waals surface area contributed by atoms with E-state index < -0.39 is 16.1 Å². The van der Waals surface area contributed by atoms with Gasteiger partial charge < -0.3 is 60.6 Å². The SMILES string of the molecule is CC#N.CC(=O)[O-].CN(CCN(C)Cc1cc(Br)cc(C=O)c1[O-])Cc1cc(Br)cc(C=O)c1[O-].O=[N+]([O-])[O-].O=[N+]([O-])[O-].[Dy+3].[Zn+2]. The minimum Gasteiger partial charge on any atom is -0.872 e. The number of nitrogens with zero attached hydrogens (tertiary/aromatic N) is 5. The van der Waals surface area contributed by atoms with Crippen LogP contribution in [0.4, 0.5) is 0 Å². The summed E-state index contributed by atoms with van der Waals surface area (Å²) in [5.74, 6) is -1.60. The molecule has 0 bridgehead atoms. The number of halogens is 2. The molecule has 0 unspecified atom stereocenters. The van der Waals surface area contributed by atoms with E-state index in [4.69, 9.17) is 45.8 Å². The first-order chi connectivity index (χ1) is 19.9. The number of aliphatic carboxylic acids is 1. The predicted octanol–water partition coefficient (Wildman–Crippen LogP) is 1.35. The zero-order valence-electron chi connectivity index (χ0n) is 24.2. The molecule has 2 rings (SSSR count). The molecule has 0 heterocycles. The number of carbonyl (C=O) groups excluding carboxylic acids is 3. The molecule has 245 valence electrons. The van der Waals surface area contributed by atoms with Crippen molar-refractivity contribution in [2.45, 2.75) is 26.9 Å². The van der Waals surface area contributed by atoms with Crippen molar-refractivity contribution in [2.75, 3.05) is 27.2 Å². The van der Waals surface area contributed by atoms with Gasteiger partial charge in [0.25, 0.3) is 0 Å². The van der Waals surface area contributed by atoms with Crippen molar-refractivity contribution in [1.82, 2.24) is 9.80 Å². The first kappa shape index (κ1) is 52.1. The zero-order chi connectivity index (χ0) is 34.3. The molecule has 0 aliphatic carbocycles. The van der Waals surface area contributed by atoms with Crippen LogP contribution >= 0.6 is 31.9 Å². The van der Waals surface area contributed by atoms with Gasteiger partial charge in [-0.2, -0.15) is 5.26 Å². The molecule has 0 aliphatic rings. The van der Waals surface area contributed by atoms with Crippen LogP contribution in [-0.2, 0) is 37.4 Å². The van der Waals surface area contributed by atoms with Gasteiger partial charge >= 0.3 is 57.7 Å². The average Bonchev–Trinajstić information content (AvgIpc) is 2.86. The standard InChI is InChI=1S/C20H22Br2N2O4.C2H3N.C2H4O2.Dy.2NO3.Zn/c1-23(9-13-5-17(21)7-15(11-25)19(13)27)3-4-24(2)10-14-6-18(22)8-16(12-26)20(14)28;1-2-3;1-2(3)4;;2*2-1(3)4;/h5-8,11-12,27-28H,3-4,9-10H2,1-2H3;1H3;1H3,(H,3,4);;;;/q;;;+3;2*-1;+2/p-3. The Morgan fingerprint density at radius 2 is 1.07 bits per heavy atom. The van der Waals surface area contributed by atoms with E-state index in [-0.39, 0.29) is 80.3 Å². The van der Waals surface area contributed by atoms with Crippen LogP contribution in [0.2, 0.25) is 0 Å². The Labute approximate surface area is 318 Å². The Morgan fingerprint density at radius 3 is 1.27 bits per heavy atom. The van der Waals surface area contributed by atoms with Crippen LogP contribution in [0, 0.1) is 80.1 Å². The molecule has 0 fully saturated rings. The molecule has 0 spiro atoms. The molecule has 1 radical (unpaired) electrons. The predicted molar refractivity (Wildman–Crippen MR) is 153 cm³/mol. The van der Waals surface area contributed by atoms with Gasteiger partial charge in [-0.05, 0) is 56.4 Å². The molecule has 0 aromatic heterocycles. The van der Waals surface area contributed by atoms with E-state index in [1.165, 1.54) is 19.1 Å². The summed E-state index contributed by atoms with van der Waals surface area (Å²) in [6.07, 6.45) is 1.13. The monoisotopic (exact) mass is 962 g/mol. The number of likely N-dealkylation sites (N-methyl/N-ethyl adjacent to an activating group) is 2. The van der Waals surface area contributed by atoms with E-state index in [9.17, 15) is 19.8 Å². The Morgan fingerprint density at radius 1 is 0.844 bits per heavy atom. The van der Waals surface area contributed by atoms with Gasteiger partial charge in [-0.15, -0.1) is 0 Å². The summed E-state index contributed by atoms with van der Waals surface area (Å²) in [4.78, 5) is 51.4.